The van der Waals surface area contributed by atoms with Gasteiger partial charge in [-0.1, -0.05) is 18.1 Å². The number of hydrogen-bond acceptors (Lipinski definition) is 3. The summed E-state index contributed by atoms with van der Waals surface area (Å²) in [5.41, 5.74) is 4.91. The fourth-order valence-electron chi connectivity index (χ4n) is 2.91. The number of hydrogen-bond donors (Lipinski definition) is 1. The highest BCUT2D eigenvalue weighted by atomic mass is 16.4. The Labute approximate surface area is 141 Å². The number of carbonyl (C=O) groups is 1. The molecule has 2 aromatic rings. The molecule has 0 amide bonds. The summed E-state index contributed by atoms with van der Waals surface area (Å²) >= 11 is 0. The van der Waals surface area contributed by atoms with E-state index in [1.807, 2.05) is 24.3 Å². The van der Waals surface area contributed by atoms with Crippen LogP contribution in [0.15, 0.2) is 48.3 Å². The van der Waals surface area contributed by atoms with E-state index in [0.29, 0.717) is 0 Å². The van der Waals surface area contributed by atoms with Crippen LogP contribution in [0.5, 0.6) is 0 Å². The van der Waals surface area contributed by atoms with Gasteiger partial charge < -0.3 is 5.11 Å². The van der Waals surface area contributed by atoms with Crippen molar-refractivity contribution in [2.75, 3.05) is 0 Å². The van der Waals surface area contributed by atoms with Crippen LogP contribution in [0.2, 0.25) is 0 Å². The first-order valence-corrected chi connectivity index (χ1v) is 8.24. The standard InChI is InChI=1S/C20H20N2O2/c23-20(24)10-9-16-11-17(14-21-13-16)19-8-4-7-18(22-19)12-15-5-2-1-3-6-15/h4,7-14H,1-3,5-6H2,(H,23,24)/b10-9+. The van der Waals surface area contributed by atoms with Crippen LogP contribution in [-0.2, 0) is 4.79 Å². The molecule has 122 valence electrons. The van der Waals surface area contributed by atoms with E-state index >= 15 is 0 Å². The van der Waals surface area contributed by atoms with Crippen molar-refractivity contribution in [3.63, 3.8) is 0 Å². The summed E-state index contributed by atoms with van der Waals surface area (Å²) in [6.07, 6.45) is 14.4. The molecular weight excluding hydrogens is 300 g/mol. The topological polar surface area (TPSA) is 63.1 Å². The first-order chi connectivity index (χ1) is 11.7. The van der Waals surface area contributed by atoms with Crippen LogP contribution in [0.3, 0.4) is 0 Å². The monoisotopic (exact) mass is 320 g/mol. The number of aliphatic carboxylic acids is 1. The molecule has 0 atom stereocenters. The molecule has 1 saturated carbocycles. The molecule has 2 aromatic heterocycles. The Morgan fingerprint density at radius 3 is 2.75 bits per heavy atom. The molecule has 0 bridgehead atoms. The van der Waals surface area contributed by atoms with Gasteiger partial charge in [0.2, 0.25) is 0 Å². The molecule has 1 fully saturated rings. The van der Waals surface area contributed by atoms with Crippen LogP contribution < -0.4 is 0 Å². The summed E-state index contributed by atoms with van der Waals surface area (Å²) in [5.74, 6) is -0.973. The zero-order valence-electron chi connectivity index (χ0n) is 13.5. The zero-order chi connectivity index (χ0) is 16.8. The van der Waals surface area contributed by atoms with E-state index in [-0.39, 0.29) is 0 Å². The molecule has 0 radical (unpaired) electrons. The lowest BCUT2D eigenvalue weighted by Gasteiger charge is -2.13. The molecule has 24 heavy (non-hydrogen) atoms. The third kappa shape index (κ3) is 4.38. The second kappa shape index (κ2) is 7.68. The fraction of sp³-hybridized carbons (Fsp3) is 0.250. The molecule has 3 rings (SSSR count). The molecule has 1 aliphatic carbocycles. The Morgan fingerprint density at radius 1 is 1.12 bits per heavy atom. The van der Waals surface area contributed by atoms with Crippen molar-refractivity contribution in [3.05, 3.63) is 59.6 Å². The van der Waals surface area contributed by atoms with E-state index in [4.69, 9.17) is 10.1 Å². The van der Waals surface area contributed by atoms with Crippen LogP contribution in [0.1, 0.15) is 43.4 Å². The molecule has 1 aliphatic rings. The summed E-state index contributed by atoms with van der Waals surface area (Å²) in [4.78, 5) is 19.5. The van der Waals surface area contributed by atoms with E-state index < -0.39 is 5.97 Å². The van der Waals surface area contributed by atoms with Crippen molar-refractivity contribution in [2.24, 2.45) is 0 Å². The number of rotatable bonds is 4. The van der Waals surface area contributed by atoms with Gasteiger partial charge in [-0.15, -0.1) is 0 Å². The van der Waals surface area contributed by atoms with E-state index in [1.54, 1.807) is 12.4 Å². The van der Waals surface area contributed by atoms with E-state index in [9.17, 15) is 4.79 Å². The van der Waals surface area contributed by atoms with Crippen LogP contribution >= 0.6 is 0 Å². The Hall–Kier alpha value is -2.75. The van der Waals surface area contributed by atoms with Gasteiger partial charge in [-0.25, -0.2) is 9.78 Å². The summed E-state index contributed by atoms with van der Waals surface area (Å²) in [6.45, 7) is 0. The highest BCUT2D eigenvalue weighted by Crippen LogP contribution is 2.25. The average Bonchev–Trinajstić information content (AvgIpc) is 2.61. The Bertz CT molecular complexity index is 786. The van der Waals surface area contributed by atoms with Crippen LogP contribution in [-0.4, -0.2) is 21.0 Å². The number of nitrogens with zero attached hydrogens (tertiary/aromatic N) is 2. The quantitative estimate of drug-likeness (QED) is 0.837. The predicted octanol–water partition coefficient (Wildman–Crippen LogP) is 4.59. The van der Waals surface area contributed by atoms with E-state index in [0.717, 1.165) is 28.6 Å². The molecule has 4 nitrogen and oxygen atoms in total. The number of carboxylic acids is 1. The van der Waals surface area contributed by atoms with E-state index in [2.05, 4.69) is 11.1 Å². The summed E-state index contributed by atoms with van der Waals surface area (Å²) < 4.78 is 0. The minimum atomic E-state index is -0.973. The van der Waals surface area contributed by atoms with E-state index in [1.165, 1.54) is 43.8 Å². The van der Waals surface area contributed by atoms with Gasteiger partial charge in [0.05, 0.1) is 11.4 Å². The average molecular weight is 320 g/mol. The molecule has 0 unspecified atom stereocenters. The van der Waals surface area contributed by atoms with Crippen molar-refractivity contribution < 1.29 is 9.90 Å². The molecular formula is C20H20N2O2. The maximum Gasteiger partial charge on any atom is 0.328 e. The third-order valence-electron chi connectivity index (χ3n) is 4.09. The molecule has 4 heteroatoms. The summed E-state index contributed by atoms with van der Waals surface area (Å²) in [7, 11) is 0. The third-order valence-corrected chi connectivity index (χ3v) is 4.09. The minimum absolute atomic E-state index is 0.743. The number of pyridine rings is 2. The van der Waals surface area contributed by atoms with Gasteiger partial charge in [0.15, 0.2) is 0 Å². The highest BCUT2D eigenvalue weighted by Gasteiger charge is 2.06. The number of carboxylic acid groups (broad SMARTS) is 1. The predicted molar refractivity (Wildman–Crippen MR) is 95.2 cm³/mol. The van der Waals surface area contributed by atoms with Gasteiger partial charge in [-0.2, -0.15) is 0 Å². The second-order valence-corrected chi connectivity index (χ2v) is 5.99. The van der Waals surface area contributed by atoms with Crippen LogP contribution in [0.25, 0.3) is 23.4 Å². The van der Waals surface area contributed by atoms with Gasteiger partial charge in [0, 0.05) is 24.0 Å². The zero-order valence-corrected chi connectivity index (χ0v) is 13.5. The Morgan fingerprint density at radius 2 is 1.96 bits per heavy atom. The minimum Gasteiger partial charge on any atom is -0.478 e. The van der Waals surface area contributed by atoms with Crippen molar-refractivity contribution in [2.45, 2.75) is 32.1 Å². The lowest BCUT2D eigenvalue weighted by molar-refractivity contribution is -0.131. The SMILES string of the molecule is O=C(O)/C=C/c1cncc(-c2cccc(C=C3CCCCC3)n2)c1. The molecule has 1 N–H and O–H groups in total. The van der Waals surface area contributed by atoms with Gasteiger partial charge in [0.1, 0.15) is 0 Å². The molecule has 2 heterocycles. The van der Waals surface area contributed by atoms with Gasteiger partial charge in [-0.05, 0) is 61.6 Å². The van der Waals surface area contributed by atoms with Crippen molar-refractivity contribution in [1.82, 2.24) is 9.97 Å². The van der Waals surface area contributed by atoms with Crippen molar-refractivity contribution in [1.29, 1.82) is 0 Å². The largest absolute Gasteiger partial charge is 0.478 e. The number of allylic oxidation sites excluding steroid dienone is 1. The summed E-state index contributed by atoms with van der Waals surface area (Å²) in [6, 6.07) is 7.86. The van der Waals surface area contributed by atoms with Crippen LogP contribution in [0.4, 0.5) is 0 Å². The molecule has 0 spiro atoms. The van der Waals surface area contributed by atoms with Crippen LogP contribution in [0, 0.1) is 0 Å². The highest BCUT2D eigenvalue weighted by molar-refractivity contribution is 5.85. The number of aromatic nitrogens is 2. The van der Waals surface area contributed by atoms with Crippen molar-refractivity contribution >= 4 is 18.1 Å². The van der Waals surface area contributed by atoms with Gasteiger partial charge >= 0.3 is 5.97 Å². The summed E-state index contributed by atoms with van der Waals surface area (Å²) in [5, 5.41) is 8.73. The molecule has 0 aromatic carbocycles. The fourth-order valence-corrected chi connectivity index (χ4v) is 2.91. The van der Waals surface area contributed by atoms with Gasteiger partial charge in [-0.3, -0.25) is 4.98 Å². The Kier molecular flexibility index (Phi) is 5.16. The lowest BCUT2D eigenvalue weighted by atomic mass is 9.94. The van der Waals surface area contributed by atoms with Gasteiger partial charge in [0.25, 0.3) is 0 Å². The second-order valence-electron chi connectivity index (χ2n) is 5.99. The first kappa shape index (κ1) is 16.1. The first-order valence-electron chi connectivity index (χ1n) is 8.24. The molecule has 0 aliphatic heterocycles. The normalized spacial score (nSPS) is 14.8. The Balaban J connectivity index is 1.86. The smallest absolute Gasteiger partial charge is 0.328 e. The molecule has 0 saturated heterocycles. The maximum atomic E-state index is 10.6. The maximum absolute atomic E-state index is 10.6. The lowest BCUT2D eigenvalue weighted by Crippen LogP contribution is -1.95. The van der Waals surface area contributed by atoms with Crippen molar-refractivity contribution in [3.8, 4) is 11.3 Å².